The molecule has 1 aromatic carbocycles. The van der Waals surface area contributed by atoms with Crippen molar-refractivity contribution < 1.29 is 9.15 Å². The van der Waals surface area contributed by atoms with Gasteiger partial charge in [0, 0.05) is 26.2 Å². The van der Waals surface area contributed by atoms with E-state index in [1.165, 1.54) is 5.56 Å². The van der Waals surface area contributed by atoms with E-state index in [-0.39, 0.29) is 0 Å². The molecule has 2 fully saturated rings. The molecule has 0 spiro atoms. The Labute approximate surface area is 144 Å². The Morgan fingerprint density at radius 3 is 2.75 bits per heavy atom. The summed E-state index contributed by atoms with van der Waals surface area (Å²) in [4.78, 5) is 5.09. The van der Waals surface area contributed by atoms with Crippen LogP contribution in [0.15, 0.2) is 46.9 Å². The molecule has 0 N–H and O–H groups in total. The summed E-state index contributed by atoms with van der Waals surface area (Å²) in [5, 5.41) is 0. The first-order valence-electron chi connectivity index (χ1n) is 8.95. The number of furan rings is 1. The summed E-state index contributed by atoms with van der Waals surface area (Å²) < 4.78 is 11.8. The van der Waals surface area contributed by atoms with Gasteiger partial charge in [-0.3, -0.25) is 9.80 Å². The zero-order valence-corrected chi connectivity index (χ0v) is 14.4. The van der Waals surface area contributed by atoms with E-state index in [1.54, 1.807) is 0 Å². The number of ether oxygens (including phenoxy) is 1. The fourth-order valence-corrected chi connectivity index (χ4v) is 3.92. The Hall–Kier alpha value is -1.62. The van der Waals surface area contributed by atoms with Crippen molar-refractivity contribution in [2.45, 2.75) is 32.0 Å². The Morgan fingerprint density at radius 2 is 1.96 bits per heavy atom. The topological polar surface area (TPSA) is 28.9 Å². The summed E-state index contributed by atoms with van der Waals surface area (Å²) in [7, 11) is 0. The fraction of sp³-hybridized carbons (Fsp3) is 0.500. The number of likely N-dealkylation sites (tertiary alicyclic amines) is 1. The maximum absolute atomic E-state index is 6.04. The van der Waals surface area contributed by atoms with Crippen LogP contribution in [-0.4, -0.2) is 54.7 Å². The molecule has 4 heteroatoms. The molecule has 4 nitrogen and oxygen atoms in total. The van der Waals surface area contributed by atoms with E-state index in [4.69, 9.17) is 9.15 Å². The largest absolute Gasteiger partial charge is 0.465 e. The van der Waals surface area contributed by atoms with Gasteiger partial charge >= 0.3 is 0 Å². The molecule has 2 aliphatic rings. The van der Waals surface area contributed by atoms with Gasteiger partial charge in [-0.2, -0.15) is 0 Å². The van der Waals surface area contributed by atoms with Crippen LogP contribution in [0.2, 0.25) is 0 Å². The highest BCUT2D eigenvalue weighted by Gasteiger charge is 2.39. The van der Waals surface area contributed by atoms with Gasteiger partial charge in [0.15, 0.2) is 0 Å². The van der Waals surface area contributed by atoms with Gasteiger partial charge in [0.25, 0.3) is 0 Å². The molecular weight excluding hydrogens is 300 g/mol. The average Bonchev–Trinajstić information content (AvgIpc) is 3.20. The predicted molar refractivity (Wildman–Crippen MR) is 94.0 cm³/mol. The summed E-state index contributed by atoms with van der Waals surface area (Å²) in [6, 6.07) is 15.4. The van der Waals surface area contributed by atoms with Gasteiger partial charge in [0.1, 0.15) is 11.5 Å². The van der Waals surface area contributed by atoms with Crippen molar-refractivity contribution in [1.29, 1.82) is 0 Å². The summed E-state index contributed by atoms with van der Waals surface area (Å²) in [5.74, 6) is 2.06. The number of rotatable bonds is 5. The van der Waals surface area contributed by atoms with Crippen molar-refractivity contribution in [3.05, 3.63) is 59.5 Å². The van der Waals surface area contributed by atoms with Crippen molar-refractivity contribution in [3.8, 4) is 0 Å². The van der Waals surface area contributed by atoms with Crippen LogP contribution in [-0.2, 0) is 17.7 Å². The molecule has 0 unspecified atom stereocenters. The Kier molecular flexibility index (Phi) is 4.69. The van der Waals surface area contributed by atoms with Crippen LogP contribution < -0.4 is 0 Å². The lowest BCUT2D eigenvalue weighted by Crippen LogP contribution is -2.50. The number of hydrogen-bond acceptors (Lipinski definition) is 4. The second-order valence-corrected chi connectivity index (χ2v) is 6.95. The first-order valence-corrected chi connectivity index (χ1v) is 8.95. The zero-order valence-electron chi connectivity index (χ0n) is 14.4. The van der Waals surface area contributed by atoms with E-state index in [2.05, 4.69) is 46.2 Å². The minimum atomic E-state index is 0.339. The third-order valence-corrected chi connectivity index (χ3v) is 5.21. The summed E-state index contributed by atoms with van der Waals surface area (Å²) in [6.45, 7) is 7.97. The molecule has 0 saturated carbocycles. The molecule has 0 amide bonds. The molecule has 2 atom stereocenters. The normalized spacial score (nSPS) is 25.0. The van der Waals surface area contributed by atoms with Gasteiger partial charge in [-0.15, -0.1) is 0 Å². The van der Waals surface area contributed by atoms with Gasteiger partial charge in [0.2, 0.25) is 0 Å². The van der Waals surface area contributed by atoms with Crippen LogP contribution in [0.25, 0.3) is 0 Å². The van der Waals surface area contributed by atoms with E-state index < -0.39 is 0 Å². The SMILES string of the molecule is Cc1ccc(CN2CCO[C@H]3CN(CCc4ccccc4)C[C@H]32)o1. The maximum atomic E-state index is 6.04. The van der Waals surface area contributed by atoms with Crippen LogP contribution in [0.4, 0.5) is 0 Å². The Balaban J connectivity index is 1.35. The lowest BCUT2D eigenvalue weighted by Gasteiger charge is -2.36. The number of nitrogens with zero attached hydrogens (tertiary/aromatic N) is 2. The molecule has 2 aromatic rings. The minimum Gasteiger partial charge on any atom is -0.465 e. The molecule has 0 radical (unpaired) electrons. The first-order chi connectivity index (χ1) is 11.8. The highest BCUT2D eigenvalue weighted by molar-refractivity contribution is 5.15. The van der Waals surface area contributed by atoms with Crippen LogP contribution in [0.3, 0.4) is 0 Å². The third kappa shape index (κ3) is 3.56. The number of fused-ring (bicyclic) bond motifs is 1. The Morgan fingerprint density at radius 1 is 1.08 bits per heavy atom. The highest BCUT2D eigenvalue weighted by Crippen LogP contribution is 2.25. The molecule has 24 heavy (non-hydrogen) atoms. The lowest BCUT2D eigenvalue weighted by atomic mass is 10.1. The van der Waals surface area contributed by atoms with Crippen molar-refractivity contribution in [2.24, 2.45) is 0 Å². The lowest BCUT2D eigenvalue weighted by molar-refractivity contribution is -0.0523. The molecule has 3 heterocycles. The molecular formula is C20H26N2O2. The van der Waals surface area contributed by atoms with Gasteiger partial charge in [-0.1, -0.05) is 30.3 Å². The van der Waals surface area contributed by atoms with Gasteiger partial charge < -0.3 is 9.15 Å². The zero-order chi connectivity index (χ0) is 16.4. The van der Waals surface area contributed by atoms with Crippen molar-refractivity contribution in [3.63, 3.8) is 0 Å². The smallest absolute Gasteiger partial charge is 0.118 e. The van der Waals surface area contributed by atoms with Crippen molar-refractivity contribution in [1.82, 2.24) is 9.80 Å². The standard InChI is InChI=1S/C20H26N2O2/c1-16-7-8-18(24-16)13-22-11-12-23-20-15-21(14-19(20)22)10-9-17-5-3-2-4-6-17/h2-8,19-20H,9-15H2,1H3/t19-,20+/m1/s1. The third-order valence-electron chi connectivity index (χ3n) is 5.21. The van der Waals surface area contributed by atoms with Crippen LogP contribution in [0.5, 0.6) is 0 Å². The first kappa shape index (κ1) is 15.9. The van der Waals surface area contributed by atoms with Crippen LogP contribution in [0, 0.1) is 6.92 Å². The van der Waals surface area contributed by atoms with E-state index in [1.807, 2.05) is 13.0 Å². The van der Waals surface area contributed by atoms with E-state index in [0.29, 0.717) is 12.1 Å². The summed E-state index contributed by atoms with van der Waals surface area (Å²) >= 11 is 0. The quantitative estimate of drug-likeness (QED) is 0.845. The molecule has 0 bridgehead atoms. The van der Waals surface area contributed by atoms with Crippen molar-refractivity contribution in [2.75, 3.05) is 32.8 Å². The number of hydrogen-bond donors (Lipinski definition) is 0. The number of benzene rings is 1. The van der Waals surface area contributed by atoms with E-state index >= 15 is 0 Å². The predicted octanol–water partition coefficient (Wildman–Crippen LogP) is 2.72. The average molecular weight is 326 g/mol. The molecule has 2 saturated heterocycles. The molecule has 4 rings (SSSR count). The second kappa shape index (κ2) is 7.09. The minimum absolute atomic E-state index is 0.339. The van der Waals surface area contributed by atoms with E-state index in [9.17, 15) is 0 Å². The second-order valence-electron chi connectivity index (χ2n) is 6.95. The fourth-order valence-electron chi connectivity index (χ4n) is 3.92. The highest BCUT2D eigenvalue weighted by atomic mass is 16.5. The Bertz CT molecular complexity index is 655. The molecule has 1 aromatic heterocycles. The van der Waals surface area contributed by atoms with Gasteiger partial charge in [-0.25, -0.2) is 0 Å². The van der Waals surface area contributed by atoms with Crippen LogP contribution >= 0.6 is 0 Å². The molecule has 2 aliphatic heterocycles. The summed E-state index contributed by atoms with van der Waals surface area (Å²) in [6.07, 6.45) is 1.45. The van der Waals surface area contributed by atoms with Crippen LogP contribution in [0.1, 0.15) is 17.1 Å². The maximum Gasteiger partial charge on any atom is 0.118 e. The number of aryl methyl sites for hydroxylation is 1. The van der Waals surface area contributed by atoms with Gasteiger partial charge in [-0.05, 0) is 31.0 Å². The van der Waals surface area contributed by atoms with E-state index in [0.717, 1.165) is 57.3 Å². The summed E-state index contributed by atoms with van der Waals surface area (Å²) in [5.41, 5.74) is 1.41. The van der Waals surface area contributed by atoms with Gasteiger partial charge in [0.05, 0.1) is 25.3 Å². The molecule has 0 aliphatic carbocycles. The number of morpholine rings is 1. The monoisotopic (exact) mass is 326 g/mol. The van der Waals surface area contributed by atoms with Crippen molar-refractivity contribution >= 4 is 0 Å². The molecule has 128 valence electrons.